The summed E-state index contributed by atoms with van der Waals surface area (Å²) in [5.74, 6) is 1.73. The second-order valence-corrected chi connectivity index (χ2v) is 5.39. The van der Waals surface area contributed by atoms with E-state index in [9.17, 15) is 4.79 Å². The van der Waals surface area contributed by atoms with Gasteiger partial charge >= 0.3 is 0 Å². The maximum Gasteiger partial charge on any atom is 0.244 e. The Kier molecular flexibility index (Phi) is 3.61. The van der Waals surface area contributed by atoms with Crippen LogP contribution < -0.4 is 10.6 Å². The lowest BCUT2D eigenvalue weighted by atomic mass is 10.3. The second kappa shape index (κ2) is 4.96. The van der Waals surface area contributed by atoms with Gasteiger partial charge < -0.3 is 5.32 Å². The Bertz CT molecular complexity index is 347. The van der Waals surface area contributed by atoms with Gasteiger partial charge in [-0.15, -0.1) is 23.1 Å². The van der Waals surface area contributed by atoms with E-state index in [-0.39, 0.29) is 11.9 Å². The molecule has 1 aromatic heterocycles. The van der Waals surface area contributed by atoms with Gasteiger partial charge in [-0.25, -0.2) is 4.98 Å². The number of thiazole rings is 1. The molecule has 15 heavy (non-hydrogen) atoms. The van der Waals surface area contributed by atoms with Crippen LogP contribution in [0.5, 0.6) is 0 Å². The van der Waals surface area contributed by atoms with E-state index in [1.165, 1.54) is 4.88 Å². The zero-order valence-electron chi connectivity index (χ0n) is 8.45. The number of hydrogen-bond acceptors (Lipinski definition) is 5. The maximum atomic E-state index is 11.7. The van der Waals surface area contributed by atoms with Gasteiger partial charge in [0.2, 0.25) is 5.91 Å². The van der Waals surface area contributed by atoms with Crippen molar-refractivity contribution in [2.75, 3.05) is 16.9 Å². The molecule has 0 spiro atoms. The summed E-state index contributed by atoms with van der Waals surface area (Å²) in [6.45, 7) is 2.08. The van der Waals surface area contributed by atoms with E-state index < -0.39 is 0 Å². The zero-order valence-corrected chi connectivity index (χ0v) is 10.1. The van der Waals surface area contributed by atoms with Crippen LogP contribution in [0.2, 0.25) is 0 Å². The minimum atomic E-state index is -0.0658. The van der Waals surface area contributed by atoms with Gasteiger partial charge in [-0.1, -0.05) is 6.92 Å². The van der Waals surface area contributed by atoms with Crippen molar-refractivity contribution >= 4 is 34.1 Å². The maximum absolute atomic E-state index is 11.7. The van der Waals surface area contributed by atoms with E-state index in [1.807, 2.05) is 6.20 Å². The molecule has 0 aliphatic carbocycles. The third kappa shape index (κ3) is 2.70. The first-order valence-electron chi connectivity index (χ1n) is 4.86. The Balaban J connectivity index is 1.92. The number of thioether (sulfide) groups is 1. The molecule has 1 fully saturated rings. The smallest absolute Gasteiger partial charge is 0.244 e. The van der Waals surface area contributed by atoms with Crippen LogP contribution in [0.1, 0.15) is 11.8 Å². The van der Waals surface area contributed by atoms with Gasteiger partial charge in [0.15, 0.2) is 5.13 Å². The fourth-order valence-electron chi connectivity index (χ4n) is 1.28. The predicted octanol–water partition coefficient (Wildman–Crippen LogP) is 1.31. The number of nitrogens with one attached hydrogen (secondary N) is 2. The summed E-state index contributed by atoms with van der Waals surface area (Å²) < 4.78 is 0. The fraction of sp³-hybridized carbons (Fsp3) is 0.556. The molecule has 2 heterocycles. The lowest BCUT2D eigenvalue weighted by Gasteiger charge is -2.07. The number of carbonyl (C=O) groups is 1. The van der Waals surface area contributed by atoms with Crippen LogP contribution >= 0.6 is 23.1 Å². The molecule has 1 atom stereocenters. The molecule has 6 heteroatoms. The van der Waals surface area contributed by atoms with Crippen molar-refractivity contribution in [1.29, 1.82) is 0 Å². The fourth-order valence-corrected chi connectivity index (χ4v) is 2.98. The highest BCUT2D eigenvalue weighted by Crippen LogP contribution is 2.19. The Morgan fingerprint density at radius 3 is 3.27 bits per heavy atom. The molecule has 82 valence electrons. The van der Waals surface area contributed by atoms with Crippen molar-refractivity contribution in [1.82, 2.24) is 10.3 Å². The minimum Gasteiger partial charge on any atom is -0.301 e. The molecule has 4 nitrogen and oxygen atoms in total. The third-order valence-corrected chi connectivity index (χ3v) is 4.16. The number of carbonyl (C=O) groups excluding carboxylic acids is 1. The Morgan fingerprint density at radius 2 is 2.67 bits per heavy atom. The third-order valence-electron chi connectivity index (χ3n) is 2.16. The summed E-state index contributed by atoms with van der Waals surface area (Å²) in [7, 11) is 0. The average Bonchev–Trinajstić information content (AvgIpc) is 2.87. The van der Waals surface area contributed by atoms with E-state index in [0.29, 0.717) is 5.13 Å². The van der Waals surface area contributed by atoms with Gasteiger partial charge in [0, 0.05) is 22.7 Å². The normalized spacial score (nSPS) is 20.5. The number of aryl methyl sites for hydroxylation is 1. The van der Waals surface area contributed by atoms with Gasteiger partial charge in [0.25, 0.3) is 0 Å². The van der Waals surface area contributed by atoms with Crippen LogP contribution in [-0.4, -0.2) is 28.6 Å². The summed E-state index contributed by atoms with van der Waals surface area (Å²) in [4.78, 5) is 17.0. The molecule has 1 aliphatic heterocycles. The van der Waals surface area contributed by atoms with Gasteiger partial charge in [0.1, 0.15) is 0 Å². The van der Waals surface area contributed by atoms with E-state index >= 15 is 0 Å². The summed E-state index contributed by atoms with van der Waals surface area (Å²) in [6.07, 6.45) is 2.78. The molecular formula is C9H13N3OS2. The van der Waals surface area contributed by atoms with Crippen LogP contribution in [0.15, 0.2) is 6.20 Å². The van der Waals surface area contributed by atoms with Crippen LogP contribution in [0.3, 0.4) is 0 Å². The van der Waals surface area contributed by atoms with E-state index in [1.54, 1.807) is 23.1 Å². The highest BCUT2D eigenvalue weighted by atomic mass is 32.2. The Hall–Kier alpha value is -0.590. The van der Waals surface area contributed by atoms with Gasteiger partial charge in [-0.2, -0.15) is 0 Å². The Labute approximate surface area is 96.9 Å². The number of nitrogens with zero attached hydrogens (tertiary/aromatic N) is 1. The summed E-state index contributed by atoms with van der Waals surface area (Å²) in [5, 5.41) is 6.66. The first kappa shape index (κ1) is 10.9. The average molecular weight is 243 g/mol. The standard InChI is InChI=1S/C9H13N3OS2/c1-2-6-3-10-9(15-6)12-8(13)7-4-14-5-11-7/h3,7,11H,2,4-5H2,1H3,(H,10,12,13). The molecule has 1 saturated heterocycles. The topological polar surface area (TPSA) is 54.0 Å². The monoisotopic (exact) mass is 243 g/mol. The highest BCUT2D eigenvalue weighted by Gasteiger charge is 2.22. The van der Waals surface area contributed by atoms with Gasteiger partial charge in [-0.05, 0) is 6.42 Å². The van der Waals surface area contributed by atoms with Crippen LogP contribution in [-0.2, 0) is 11.2 Å². The quantitative estimate of drug-likeness (QED) is 0.840. The first-order valence-corrected chi connectivity index (χ1v) is 6.83. The van der Waals surface area contributed by atoms with E-state index in [2.05, 4.69) is 22.5 Å². The predicted molar refractivity (Wildman–Crippen MR) is 64.4 cm³/mol. The molecule has 0 radical (unpaired) electrons. The Morgan fingerprint density at radius 1 is 1.80 bits per heavy atom. The molecule has 1 unspecified atom stereocenters. The van der Waals surface area contributed by atoms with Crippen molar-refractivity contribution in [3.63, 3.8) is 0 Å². The summed E-state index contributed by atoms with van der Waals surface area (Å²) >= 11 is 3.28. The number of rotatable bonds is 3. The van der Waals surface area contributed by atoms with Crippen LogP contribution in [0.4, 0.5) is 5.13 Å². The van der Waals surface area contributed by atoms with E-state index in [4.69, 9.17) is 0 Å². The summed E-state index contributed by atoms with van der Waals surface area (Å²) in [5.41, 5.74) is 0. The zero-order chi connectivity index (χ0) is 10.7. The molecular weight excluding hydrogens is 230 g/mol. The molecule has 1 aliphatic rings. The largest absolute Gasteiger partial charge is 0.301 e. The number of hydrogen-bond donors (Lipinski definition) is 2. The van der Waals surface area contributed by atoms with Gasteiger partial charge in [-0.3, -0.25) is 10.1 Å². The first-order chi connectivity index (χ1) is 7.29. The lowest BCUT2D eigenvalue weighted by Crippen LogP contribution is -2.37. The molecule has 1 aromatic rings. The lowest BCUT2D eigenvalue weighted by molar-refractivity contribution is -0.117. The molecule has 2 rings (SSSR count). The van der Waals surface area contributed by atoms with Crippen molar-refractivity contribution < 1.29 is 4.79 Å². The van der Waals surface area contributed by atoms with E-state index in [0.717, 1.165) is 18.1 Å². The number of aromatic nitrogens is 1. The highest BCUT2D eigenvalue weighted by molar-refractivity contribution is 7.99. The van der Waals surface area contributed by atoms with Crippen molar-refractivity contribution in [2.45, 2.75) is 19.4 Å². The molecule has 0 bridgehead atoms. The minimum absolute atomic E-state index is 0.0250. The van der Waals surface area contributed by atoms with Crippen molar-refractivity contribution in [2.24, 2.45) is 0 Å². The second-order valence-electron chi connectivity index (χ2n) is 3.25. The molecule has 0 saturated carbocycles. The molecule has 2 N–H and O–H groups in total. The summed E-state index contributed by atoms with van der Waals surface area (Å²) in [6, 6.07) is -0.0658. The van der Waals surface area contributed by atoms with Crippen LogP contribution in [0, 0.1) is 0 Å². The van der Waals surface area contributed by atoms with Gasteiger partial charge in [0.05, 0.1) is 6.04 Å². The SMILES string of the molecule is CCc1cnc(NC(=O)C2CSCN2)s1. The molecule has 1 amide bonds. The number of anilines is 1. The van der Waals surface area contributed by atoms with Crippen LogP contribution in [0.25, 0.3) is 0 Å². The number of amides is 1. The molecule has 0 aromatic carbocycles. The van der Waals surface area contributed by atoms with Crippen molar-refractivity contribution in [3.05, 3.63) is 11.1 Å². The van der Waals surface area contributed by atoms with Crippen molar-refractivity contribution in [3.8, 4) is 0 Å².